The topological polar surface area (TPSA) is 125 Å². The average Bonchev–Trinajstić information content (AvgIpc) is 3.50. The van der Waals surface area contributed by atoms with Gasteiger partial charge in [-0.15, -0.1) is 10.2 Å². The van der Waals surface area contributed by atoms with Crippen LogP contribution >= 0.6 is 11.6 Å². The minimum Gasteiger partial charge on any atom is -0.404 e. The number of benzene rings is 1. The zero-order valence-electron chi connectivity index (χ0n) is 20.2. The fourth-order valence-corrected chi connectivity index (χ4v) is 4.52. The highest BCUT2D eigenvalue weighted by Gasteiger charge is 2.44. The molecule has 0 amide bonds. The summed E-state index contributed by atoms with van der Waals surface area (Å²) in [6, 6.07) is 5.47. The molecule has 10 nitrogen and oxygen atoms in total. The van der Waals surface area contributed by atoms with Gasteiger partial charge in [-0.05, 0) is 37.8 Å². The minimum absolute atomic E-state index is 0.0426. The van der Waals surface area contributed by atoms with Gasteiger partial charge in [0.15, 0.2) is 5.82 Å². The minimum atomic E-state index is -3.45. The lowest BCUT2D eigenvalue weighted by Crippen LogP contribution is -2.28. The summed E-state index contributed by atoms with van der Waals surface area (Å²) in [5.41, 5.74) is 7.03. The number of aromatic nitrogens is 7. The molecule has 37 heavy (non-hydrogen) atoms. The summed E-state index contributed by atoms with van der Waals surface area (Å²) < 4.78 is 34.5. The summed E-state index contributed by atoms with van der Waals surface area (Å²) in [7, 11) is 1.61. The molecule has 3 aromatic heterocycles. The van der Waals surface area contributed by atoms with Crippen LogP contribution in [0.2, 0.25) is 5.02 Å². The van der Waals surface area contributed by atoms with Gasteiger partial charge in [-0.25, -0.2) is 15.0 Å². The molecule has 0 unspecified atom stereocenters. The molecule has 1 aromatic carbocycles. The second-order valence-corrected chi connectivity index (χ2v) is 8.95. The third kappa shape index (κ3) is 4.22. The lowest BCUT2D eigenvalue weighted by atomic mass is 10.1. The first-order valence-electron chi connectivity index (χ1n) is 11.4. The molecule has 0 fully saturated rings. The summed E-state index contributed by atoms with van der Waals surface area (Å²) in [6.07, 6.45) is 6.43. The number of hydrogen-bond acceptors (Lipinski definition) is 7. The molecule has 0 saturated heterocycles. The van der Waals surface area contributed by atoms with Gasteiger partial charge in [-0.3, -0.25) is 9.56 Å². The van der Waals surface area contributed by atoms with Crippen LogP contribution in [-0.2, 0) is 12.5 Å². The number of imidazole rings is 1. The summed E-state index contributed by atoms with van der Waals surface area (Å²) >= 11 is 6.09. The van der Waals surface area contributed by atoms with Crippen LogP contribution in [0.25, 0.3) is 23.0 Å². The van der Waals surface area contributed by atoms with Crippen LogP contribution in [-0.4, -0.2) is 47.2 Å². The van der Waals surface area contributed by atoms with Crippen LogP contribution in [0.3, 0.4) is 0 Å². The van der Waals surface area contributed by atoms with Gasteiger partial charge in [0.1, 0.15) is 11.5 Å². The number of amidine groups is 1. The van der Waals surface area contributed by atoms with Gasteiger partial charge in [0.2, 0.25) is 17.6 Å². The normalized spacial score (nSPS) is 15.6. The Balaban J connectivity index is 1.56. The first-order valence-corrected chi connectivity index (χ1v) is 11.7. The molecule has 5 rings (SSSR count). The maximum absolute atomic E-state index is 15.6. The number of rotatable bonds is 5. The molecule has 1 atom stereocenters. The number of nitrogens with zero attached hydrogens (tertiary/aromatic N) is 8. The average molecular weight is 525 g/mol. The van der Waals surface area contributed by atoms with Crippen molar-refractivity contribution >= 4 is 23.4 Å². The van der Waals surface area contributed by atoms with E-state index in [2.05, 4.69) is 30.5 Å². The van der Waals surface area contributed by atoms with Crippen molar-refractivity contribution in [1.82, 2.24) is 34.3 Å². The Hall–Kier alpha value is -4.19. The molecule has 4 heterocycles. The number of fused-ring (bicyclic) bond motifs is 3. The van der Waals surface area contributed by atoms with E-state index in [0.717, 1.165) is 5.56 Å². The van der Waals surface area contributed by atoms with Crippen LogP contribution in [0.4, 0.5) is 14.7 Å². The molecule has 1 aliphatic heterocycles. The third-order valence-corrected chi connectivity index (χ3v) is 6.35. The lowest BCUT2D eigenvalue weighted by Gasteiger charge is -2.26. The van der Waals surface area contributed by atoms with Gasteiger partial charge in [0, 0.05) is 31.5 Å². The van der Waals surface area contributed by atoms with Gasteiger partial charge < -0.3 is 15.6 Å². The number of nitrogens with one attached hydrogen (secondary N) is 1. The number of nitrogens with two attached hydrogens (primary N) is 1. The molecular weight excluding hydrogens is 502 g/mol. The molecule has 0 radical (unpaired) electrons. The van der Waals surface area contributed by atoms with Gasteiger partial charge in [0.05, 0.1) is 16.8 Å². The summed E-state index contributed by atoms with van der Waals surface area (Å²) in [6.45, 7) is 4.08. The summed E-state index contributed by atoms with van der Waals surface area (Å²) in [5.74, 6) is -2.49. The van der Waals surface area contributed by atoms with Gasteiger partial charge in [-0.2, -0.15) is 8.78 Å². The third-order valence-electron chi connectivity index (χ3n) is 6.02. The largest absolute Gasteiger partial charge is 0.404 e. The second kappa shape index (κ2) is 9.36. The monoisotopic (exact) mass is 524 g/mol. The quantitative estimate of drug-likeness (QED) is 0.296. The lowest BCUT2D eigenvalue weighted by molar-refractivity contribution is 0.0269. The van der Waals surface area contributed by atoms with Gasteiger partial charge in [-0.1, -0.05) is 29.8 Å². The predicted molar refractivity (Wildman–Crippen MR) is 136 cm³/mol. The standard InChI is InChI=1S/C24H23ClF2N10/c1-13-10-30-23(32-18(29-3)8-9-28)33-19(13)17-12-36-11-14(2)37-21(20(36)31-17)34-35-22(37)24(26,27)15-6-4-5-7-16(15)25/h4-10,12,14H,11,28H2,1-3H3,(H,29,30,32,33)/t14-/m0/s1. The molecule has 3 N–H and O–H groups in total. The van der Waals surface area contributed by atoms with Crippen LogP contribution in [0.1, 0.15) is 29.9 Å². The van der Waals surface area contributed by atoms with E-state index in [0.29, 0.717) is 35.5 Å². The Bertz CT molecular complexity index is 1540. The Kier molecular flexibility index (Phi) is 6.20. The van der Waals surface area contributed by atoms with Crippen LogP contribution in [0.5, 0.6) is 0 Å². The maximum atomic E-state index is 15.6. The Morgan fingerprint density at radius 3 is 2.76 bits per heavy atom. The number of hydrogen-bond donors (Lipinski definition) is 2. The van der Waals surface area contributed by atoms with Crippen molar-refractivity contribution in [3.05, 3.63) is 70.9 Å². The van der Waals surface area contributed by atoms with E-state index in [-0.39, 0.29) is 22.5 Å². The Morgan fingerprint density at radius 2 is 2.03 bits per heavy atom. The first-order chi connectivity index (χ1) is 17.7. The van der Waals surface area contributed by atoms with E-state index in [1.165, 1.54) is 29.0 Å². The molecule has 0 aliphatic carbocycles. The fourth-order valence-electron chi connectivity index (χ4n) is 4.27. The molecule has 0 bridgehead atoms. The number of halogens is 3. The van der Waals surface area contributed by atoms with E-state index >= 15 is 8.78 Å². The van der Waals surface area contributed by atoms with E-state index in [9.17, 15) is 0 Å². The molecule has 0 saturated carbocycles. The maximum Gasteiger partial charge on any atom is 0.333 e. The zero-order valence-corrected chi connectivity index (χ0v) is 20.9. The number of aliphatic imine (C=N–C) groups is 1. The second-order valence-electron chi connectivity index (χ2n) is 8.54. The molecule has 190 valence electrons. The van der Waals surface area contributed by atoms with Gasteiger partial charge in [0.25, 0.3) is 0 Å². The van der Waals surface area contributed by atoms with Gasteiger partial charge >= 0.3 is 5.92 Å². The molecule has 1 aliphatic rings. The van der Waals surface area contributed by atoms with Crippen LogP contribution < -0.4 is 11.1 Å². The van der Waals surface area contributed by atoms with E-state index in [4.69, 9.17) is 22.3 Å². The van der Waals surface area contributed by atoms with Crippen molar-refractivity contribution in [2.45, 2.75) is 32.4 Å². The Morgan fingerprint density at radius 1 is 1.24 bits per heavy atom. The van der Waals surface area contributed by atoms with Crippen molar-refractivity contribution in [2.75, 3.05) is 12.4 Å². The summed E-state index contributed by atoms with van der Waals surface area (Å²) in [5, 5.41) is 11.0. The first kappa shape index (κ1) is 24.5. The highest BCUT2D eigenvalue weighted by molar-refractivity contribution is 6.31. The predicted octanol–water partition coefficient (Wildman–Crippen LogP) is 4.19. The molecule has 13 heteroatoms. The zero-order chi connectivity index (χ0) is 26.3. The van der Waals surface area contributed by atoms with Crippen molar-refractivity contribution in [3.8, 4) is 23.0 Å². The van der Waals surface area contributed by atoms with Crippen molar-refractivity contribution in [2.24, 2.45) is 10.7 Å². The molecule has 0 spiro atoms. The summed E-state index contributed by atoms with van der Waals surface area (Å²) in [4.78, 5) is 17.7. The van der Waals surface area contributed by atoms with E-state index in [1.807, 2.05) is 24.6 Å². The molecular formula is C24H23ClF2N10. The van der Waals surface area contributed by atoms with E-state index in [1.54, 1.807) is 25.4 Å². The fraction of sp³-hybridized carbons (Fsp3) is 0.250. The highest BCUT2D eigenvalue weighted by atomic mass is 35.5. The number of alkyl halides is 2. The van der Waals surface area contributed by atoms with Crippen molar-refractivity contribution in [1.29, 1.82) is 0 Å². The number of aryl methyl sites for hydroxylation is 1. The van der Waals surface area contributed by atoms with Crippen molar-refractivity contribution in [3.63, 3.8) is 0 Å². The van der Waals surface area contributed by atoms with Crippen LogP contribution in [0, 0.1) is 6.92 Å². The highest BCUT2D eigenvalue weighted by Crippen LogP contribution is 2.42. The van der Waals surface area contributed by atoms with E-state index < -0.39 is 11.7 Å². The van der Waals surface area contributed by atoms with Crippen LogP contribution in [0.15, 0.2) is 53.9 Å². The smallest absolute Gasteiger partial charge is 0.333 e. The Labute approximate surface area is 216 Å². The SMILES string of the molecule is CN=C(C=CN)Nc1ncc(C)c(-c2cn3c(n2)-c2nnc(C(F)(F)c4ccccc4Cl)n2[C@@H](C)C3)n1. The number of anilines is 1. The van der Waals surface area contributed by atoms with Crippen molar-refractivity contribution < 1.29 is 8.78 Å². The molecule has 4 aromatic rings.